The van der Waals surface area contributed by atoms with Crippen LogP contribution >= 0.6 is 0 Å². The lowest BCUT2D eigenvalue weighted by atomic mass is 10.1. The molecule has 6 rings (SSSR count). The van der Waals surface area contributed by atoms with Crippen LogP contribution in [0.2, 0.25) is 0 Å². The highest BCUT2D eigenvalue weighted by Crippen LogP contribution is 2.54. The Hall–Kier alpha value is -3.54. The molecule has 0 radical (unpaired) electrons. The van der Waals surface area contributed by atoms with E-state index in [1.54, 1.807) is 6.07 Å². The summed E-state index contributed by atoms with van der Waals surface area (Å²) in [6, 6.07) is 4.50. The third-order valence-corrected chi connectivity index (χ3v) is 7.15. The molecule has 0 bridgehead atoms. The molecule has 1 amide bonds. The second-order valence-corrected chi connectivity index (χ2v) is 9.94. The molecule has 2 N–H and O–H groups in total. The van der Waals surface area contributed by atoms with Gasteiger partial charge in [-0.1, -0.05) is 6.07 Å². The zero-order valence-electron chi connectivity index (χ0n) is 19.7. The molecule has 1 aromatic carbocycles. The van der Waals surface area contributed by atoms with Gasteiger partial charge in [-0.25, -0.2) is 27.5 Å². The second kappa shape index (κ2) is 8.79. The fourth-order valence-electron chi connectivity index (χ4n) is 4.70. The van der Waals surface area contributed by atoms with Crippen molar-refractivity contribution in [1.29, 1.82) is 0 Å². The van der Waals surface area contributed by atoms with Crippen LogP contribution in [0.4, 0.5) is 23.2 Å². The molecule has 0 spiro atoms. The van der Waals surface area contributed by atoms with E-state index in [1.807, 2.05) is 9.80 Å². The summed E-state index contributed by atoms with van der Waals surface area (Å²) in [5.41, 5.74) is -0.321. The average Bonchev–Trinajstić information content (AvgIpc) is 3.79. The van der Waals surface area contributed by atoms with Crippen molar-refractivity contribution in [3.8, 4) is 0 Å². The number of pyridine rings is 1. The zero-order chi connectivity index (χ0) is 25.9. The summed E-state index contributed by atoms with van der Waals surface area (Å²) in [5, 5.41) is 2.73. The van der Waals surface area contributed by atoms with Crippen LogP contribution in [0.5, 0.6) is 0 Å². The van der Waals surface area contributed by atoms with E-state index in [-0.39, 0.29) is 35.0 Å². The molecule has 1 atom stereocenters. The number of benzene rings is 1. The van der Waals surface area contributed by atoms with Gasteiger partial charge in [-0.05, 0) is 18.9 Å². The number of carbonyl (C=O) groups excluding carboxylic acids is 1. The number of aromatic amines is 1. The predicted molar refractivity (Wildman–Crippen MR) is 127 cm³/mol. The minimum atomic E-state index is -2.94. The fourth-order valence-corrected chi connectivity index (χ4v) is 4.70. The standard InChI is InChI=1S/C25H24F4N6O2/c26-17-9-15(11-30-21(17)24(37)31-14-2-3-14)35-7-5-34(6-8-35)12-13-1-4-18-22(19(13)27)33-23(36)20(32-18)16-10-25(16,28)29/h1,4,9,11,14,16H,2-3,5-8,10,12H2,(H,31,37)(H,33,36)/t16-/m1/s1. The summed E-state index contributed by atoms with van der Waals surface area (Å²) in [4.78, 5) is 38.8. The van der Waals surface area contributed by atoms with Gasteiger partial charge in [0.25, 0.3) is 17.4 Å². The summed E-state index contributed by atoms with van der Waals surface area (Å²) in [6.07, 6.45) is 2.86. The summed E-state index contributed by atoms with van der Waals surface area (Å²) in [5.74, 6) is -5.98. The van der Waals surface area contributed by atoms with E-state index >= 15 is 4.39 Å². The van der Waals surface area contributed by atoms with Crippen molar-refractivity contribution in [2.24, 2.45) is 0 Å². The molecule has 37 heavy (non-hydrogen) atoms. The molecule has 2 aromatic heterocycles. The molecule has 1 aliphatic heterocycles. The van der Waals surface area contributed by atoms with Crippen molar-refractivity contribution in [1.82, 2.24) is 25.2 Å². The first-order valence-electron chi connectivity index (χ1n) is 12.2. The molecular formula is C25H24F4N6O2. The van der Waals surface area contributed by atoms with Gasteiger partial charge in [-0.15, -0.1) is 0 Å². The minimum absolute atomic E-state index is 0.0961. The number of fused-ring (bicyclic) bond motifs is 1. The number of aromatic nitrogens is 3. The summed E-state index contributed by atoms with van der Waals surface area (Å²) >= 11 is 0. The number of nitrogens with zero attached hydrogens (tertiary/aromatic N) is 4. The molecule has 12 heteroatoms. The molecule has 0 unspecified atom stereocenters. The summed E-state index contributed by atoms with van der Waals surface area (Å²) < 4.78 is 56.5. The first-order chi connectivity index (χ1) is 17.7. The first kappa shape index (κ1) is 23.8. The molecule has 8 nitrogen and oxygen atoms in total. The number of amides is 1. The quantitative estimate of drug-likeness (QED) is 0.490. The van der Waals surface area contributed by atoms with Crippen LogP contribution in [0.25, 0.3) is 11.0 Å². The molecule has 3 aromatic rings. The Balaban J connectivity index is 1.11. The average molecular weight is 516 g/mol. The van der Waals surface area contributed by atoms with Gasteiger partial charge in [0, 0.05) is 56.8 Å². The van der Waals surface area contributed by atoms with Gasteiger partial charge in [0.15, 0.2) is 17.3 Å². The third-order valence-electron chi connectivity index (χ3n) is 7.15. The maximum absolute atomic E-state index is 15.2. The summed E-state index contributed by atoms with van der Waals surface area (Å²) in [7, 11) is 0. The Morgan fingerprint density at radius 1 is 1.16 bits per heavy atom. The van der Waals surface area contributed by atoms with Crippen LogP contribution < -0.4 is 15.8 Å². The van der Waals surface area contributed by atoms with E-state index in [1.165, 1.54) is 18.3 Å². The van der Waals surface area contributed by atoms with E-state index in [9.17, 15) is 22.8 Å². The first-order valence-corrected chi connectivity index (χ1v) is 12.2. The Kier molecular flexibility index (Phi) is 5.66. The smallest absolute Gasteiger partial charge is 0.273 e. The molecule has 3 heterocycles. The highest BCUT2D eigenvalue weighted by Gasteiger charge is 2.59. The Morgan fingerprint density at radius 3 is 2.54 bits per heavy atom. The van der Waals surface area contributed by atoms with Gasteiger partial charge in [0.2, 0.25) is 0 Å². The van der Waals surface area contributed by atoms with Crippen LogP contribution in [0.1, 0.15) is 46.9 Å². The Bertz CT molecular complexity index is 1450. The zero-order valence-corrected chi connectivity index (χ0v) is 19.7. The predicted octanol–water partition coefficient (Wildman–Crippen LogP) is 2.93. The van der Waals surface area contributed by atoms with Crippen molar-refractivity contribution < 1.29 is 22.4 Å². The van der Waals surface area contributed by atoms with Gasteiger partial charge in [0.1, 0.15) is 11.2 Å². The molecule has 2 saturated carbocycles. The van der Waals surface area contributed by atoms with Crippen LogP contribution in [-0.2, 0) is 6.54 Å². The number of H-pyrrole nitrogens is 1. The second-order valence-electron chi connectivity index (χ2n) is 9.94. The highest BCUT2D eigenvalue weighted by atomic mass is 19.3. The monoisotopic (exact) mass is 516 g/mol. The number of hydrogen-bond acceptors (Lipinski definition) is 6. The van der Waals surface area contributed by atoms with E-state index in [0.29, 0.717) is 37.4 Å². The molecule has 3 fully saturated rings. The van der Waals surface area contributed by atoms with Gasteiger partial charge in [0.05, 0.1) is 23.3 Å². The van der Waals surface area contributed by atoms with Crippen molar-refractivity contribution in [3.05, 3.63) is 63.3 Å². The SMILES string of the molecule is O=C(NC1CC1)c1ncc(N2CCN(Cc3ccc4nc([C@H]5CC5(F)F)c(=O)[nH]c4c3F)CC2)cc1F. The number of hydrogen-bond donors (Lipinski definition) is 2. The number of anilines is 1. The lowest BCUT2D eigenvalue weighted by Gasteiger charge is -2.36. The summed E-state index contributed by atoms with van der Waals surface area (Å²) in [6.45, 7) is 2.48. The highest BCUT2D eigenvalue weighted by molar-refractivity contribution is 5.93. The molecule has 1 saturated heterocycles. The van der Waals surface area contributed by atoms with Gasteiger partial charge >= 0.3 is 0 Å². The van der Waals surface area contributed by atoms with E-state index in [4.69, 9.17) is 0 Å². The molecule has 3 aliphatic rings. The number of halogens is 4. The maximum Gasteiger partial charge on any atom is 0.273 e. The van der Waals surface area contributed by atoms with Crippen LogP contribution in [0.3, 0.4) is 0 Å². The van der Waals surface area contributed by atoms with E-state index < -0.39 is 41.4 Å². The van der Waals surface area contributed by atoms with Crippen molar-refractivity contribution >= 4 is 22.6 Å². The molecule has 2 aliphatic carbocycles. The topological polar surface area (TPSA) is 94.2 Å². The van der Waals surface area contributed by atoms with Crippen LogP contribution in [-0.4, -0.2) is 63.9 Å². The van der Waals surface area contributed by atoms with Gasteiger partial charge in [-0.2, -0.15) is 0 Å². The number of alkyl halides is 2. The molecular weight excluding hydrogens is 492 g/mol. The Morgan fingerprint density at radius 2 is 1.89 bits per heavy atom. The lowest BCUT2D eigenvalue weighted by molar-refractivity contribution is 0.0941. The van der Waals surface area contributed by atoms with Crippen LogP contribution in [0.15, 0.2) is 29.2 Å². The number of carbonyl (C=O) groups is 1. The van der Waals surface area contributed by atoms with E-state index in [2.05, 4.69) is 20.3 Å². The minimum Gasteiger partial charge on any atom is -0.368 e. The fraction of sp³-hybridized carbons (Fsp3) is 0.440. The Labute approximate surface area is 208 Å². The normalized spacial score (nSPS) is 21.3. The maximum atomic E-state index is 15.2. The number of nitrogens with one attached hydrogen (secondary N) is 2. The van der Waals surface area contributed by atoms with Gasteiger partial charge < -0.3 is 15.2 Å². The van der Waals surface area contributed by atoms with Crippen molar-refractivity contribution in [2.75, 3.05) is 31.1 Å². The van der Waals surface area contributed by atoms with Gasteiger partial charge in [-0.3, -0.25) is 14.5 Å². The third kappa shape index (κ3) is 4.65. The lowest BCUT2D eigenvalue weighted by Crippen LogP contribution is -2.46. The van der Waals surface area contributed by atoms with E-state index in [0.717, 1.165) is 12.8 Å². The van der Waals surface area contributed by atoms with Crippen molar-refractivity contribution in [2.45, 2.75) is 43.7 Å². The molecule has 194 valence electrons. The van der Waals surface area contributed by atoms with Crippen LogP contribution in [0, 0.1) is 11.6 Å². The number of piperazine rings is 1. The number of rotatable bonds is 6. The van der Waals surface area contributed by atoms with Crippen molar-refractivity contribution in [3.63, 3.8) is 0 Å². The largest absolute Gasteiger partial charge is 0.368 e.